The Balaban J connectivity index is 2.97. The van der Waals surface area contributed by atoms with Gasteiger partial charge in [0.1, 0.15) is 18.6 Å². The number of hydrogen-bond acceptors (Lipinski definition) is 2. The predicted molar refractivity (Wildman–Crippen MR) is 61.6 cm³/mol. The molecule has 80 valence electrons. The van der Waals surface area contributed by atoms with Gasteiger partial charge in [0.15, 0.2) is 0 Å². The van der Waals surface area contributed by atoms with Gasteiger partial charge in [0.25, 0.3) is 0 Å². The highest BCUT2D eigenvalue weighted by atomic mass is 16.5. The summed E-state index contributed by atoms with van der Waals surface area (Å²) in [4.78, 5) is 10.6. The molecule has 0 radical (unpaired) electrons. The fraction of sp³-hybridized carbons (Fsp3) is 0.308. The van der Waals surface area contributed by atoms with Crippen molar-refractivity contribution in [1.82, 2.24) is 0 Å². The second-order valence-corrected chi connectivity index (χ2v) is 3.85. The lowest BCUT2D eigenvalue weighted by molar-refractivity contribution is 0.112. The first-order valence-electron chi connectivity index (χ1n) is 4.88. The van der Waals surface area contributed by atoms with Crippen LogP contribution < -0.4 is 4.74 Å². The standard InChI is InChI=1S/C13H16O2/c1-9(2)8-15-13-10(3)5-12(7-14)6-11(13)4/h5-7H,1,8H2,2-4H3. The van der Waals surface area contributed by atoms with Crippen LogP contribution in [0.2, 0.25) is 0 Å². The number of benzene rings is 1. The first-order chi connectivity index (χ1) is 7.04. The van der Waals surface area contributed by atoms with Crippen LogP contribution >= 0.6 is 0 Å². The van der Waals surface area contributed by atoms with Gasteiger partial charge < -0.3 is 4.74 Å². The van der Waals surface area contributed by atoms with Crippen molar-refractivity contribution in [1.29, 1.82) is 0 Å². The average Bonchev–Trinajstić information content (AvgIpc) is 2.15. The van der Waals surface area contributed by atoms with E-state index < -0.39 is 0 Å². The predicted octanol–water partition coefficient (Wildman–Crippen LogP) is 3.07. The largest absolute Gasteiger partial charge is 0.489 e. The zero-order valence-corrected chi connectivity index (χ0v) is 9.46. The summed E-state index contributed by atoms with van der Waals surface area (Å²) in [5.74, 6) is 0.851. The van der Waals surface area contributed by atoms with E-state index in [1.54, 1.807) is 0 Å². The minimum Gasteiger partial charge on any atom is -0.489 e. The maximum Gasteiger partial charge on any atom is 0.150 e. The van der Waals surface area contributed by atoms with Gasteiger partial charge in [-0.05, 0) is 49.6 Å². The molecule has 0 aromatic heterocycles. The molecule has 0 atom stereocenters. The van der Waals surface area contributed by atoms with E-state index in [-0.39, 0.29) is 0 Å². The minimum atomic E-state index is 0.516. The number of carbonyl (C=O) groups is 1. The van der Waals surface area contributed by atoms with Crippen LogP contribution in [0.3, 0.4) is 0 Å². The number of ether oxygens (including phenoxy) is 1. The average molecular weight is 204 g/mol. The van der Waals surface area contributed by atoms with Gasteiger partial charge in [0, 0.05) is 5.56 Å². The maximum absolute atomic E-state index is 10.6. The molecule has 0 heterocycles. The Morgan fingerprint density at radius 2 is 1.93 bits per heavy atom. The number of aldehydes is 1. The smallest absolute Gasteiger partial charge is 0.150 e. The highest BCUT2D eigenvalue weighted by Crippen LogP contribution is 2.24. The topological polar surface area (TPSA) is 26.3 Å². The van der Waals surface area contributed by atoms with Crippen LogP contribution in [-0.2, 0) is 0 Å². The van der Waals surface area contributed by atoms with E-state index in [1.807, 2.05) is 32.9 Å². The molecule has 0 fully saturated rings. The van der Waals surface area contributed by atoms with Crippen molar-refractivity contribution in [2.45, 2.75) is 20.8 Å². The van der Waals surface area contributed by atoms with Gasteiger partial charge in [0.05, 0.1) is 0 Å². The highest BCUT2D eigenvalue weighted by molar-refractivity contribution is 5.76. The second kappa shape index (κ2) is 4.78. The van der Waals surface area contributed by atoms with Crippen molar-refractivity contribution in [3.05, 3.63) is 41.0 Å². The highest BCUT2D eigenvalue weighted by Gasteiger charge is 2.05. The Hall–Kier alpha value is -1.57. The van der Waals surface area contributed by atoms with Crippen LogP contribution in [0, 0.1) is 13.8 Å². The fourth-order valence-corrected chi connectivity index (χ4v) is 1.47. The summed E-state index contributed by atoms with van der Waals surface area (Å²) in [6.07, 6.45) is 0.850. The van der Waals surface area contributed by atoms with Gasteiger partial charge in [-0.25, -0.2) is 0 Å². The lowest BCUT2D eigenvalue weighted by Gasteiger charge is -2.12. The monoisotopic (exact) mass is 204 g/mol. The molecule has 0 aliphatic carbocycles. The lowest BCUT2D eigenvalue weighted by Crippen LogP contribution is -2.01. The van der Waals surface area contributed by atoms with Gasteiger partial charge in [-0.2, -0.15) is 0 Å². The summed E-state index contributed by atoms with van der Waals surface area (Å²) >= 11 is 0. The van der Waals surface area contributed by atoms with Crippen molar-refractivity contribution < 1.29 is 9.53 Å². The van der Waals surface area contributed by atoms with Crippen LogP contribution in [0.4, 0.5) is 0 Å². The SMILES string of the molecule is C=C(C)COc1c(C)cc(C=O)cc1C. The molecule has 0 aliphatic rings. The van der Waals surface area contributed by atoms with Crippen molar-refractivity contribution in [3.8, 4) is 5.75 Å². The van der Waals surface area contributed by atoms with E-state index >= 15 is 0 Å². The molecule has 1 aromatic carbocycles. The van der Waals surface area contributed by atoms with E-state index in [2.05, 4.69) is 6.58 Å². The first kappa shape index (κ1) is 11.5. The normalized spacial score (nSPS) is 9.80. The third-order valence-corrected chi connectivity index (χ3v) is 2.08. The second-order valence-electron chi connectivity index (χ2n) is 3.85. The van der Waals surface area contributed by atoms with E-state index in [1.165, 1.54) is 0 Å². The summed E-state index contributed by atoms with van der Waals surface area (Å²) < 4.78 is 5.61. The molecule has 0 bridgehead atoms. The summed E-state index contributed by atoms with van der Waals surface area (Å²) in [6.45, 7) is 10.1. The molecule has 0 N–H and O–H groups in total. The zero-order chi connectivity index (χ0) is 11.4. The van der Waals surface area contributed by atoms with Gasteiger partial charge in [-0.15, -0.1) is 0 Å². The third-order valence-electron chi connectivity index (χ3n) is 2.08. The van der Waals surface area contributed by atoms with Crippen molar-refractivity contribution >= 4 is 6.29 Å². The van der Waals surface area contributed by atoms with E-state index in [0.717, 1.165) is 28.7 Å². The van der Waals surface area contributed by atoms with Gasteiger partial charge in [-0.1, -0.05) is 6.58 Å². The molecule has 15 heavy (non-hydrogen) atoms. The molecule has 1 aromatic rings. The molecule has 0 aliphatic heterocycles. The minimum absolute atomic E-state index is 0.516. The Labute approximate surface area is 90.6 Å². The third kappa shape index (κ3) is 2.94. The Morgan fingerprint density at radius 3 is 2.33 bits per heavy atom. The molecule has 0 saturated heterocycles. The number of rotatable bonds is 4. The van der Waals surface area contributed by atoms with E-state index in [4.69, 9.17) is 4.74 Å². The summed E-state index contributed by atoms with van der Waals surface area (Å²) in [5.41, 5.74) is 3.64. The molecule has 0 spiro atoms. The van der Waals surface area contributed by atoms with Crippen LogP contribution in [0.15, 0.2) is 24.3 Å². The van der Waals surface area contributed by atoms with Crippen molar-refractivity contribution in [3.63, 3.8) is 0 Å². The quantitative estimate of drug-likeness (QED) is 0.556. The van der Waals surface area contributed by atoms with Crippen LogP contribution in [-0.4, -0.2) is 12.9 Å². The van der Waals surface area contributed by atoms with E-state index in [9.17, 15) is 4.79 Å². The molecular formula is C13H16O2. The van der Waals surface area contributed by atoms with Crippen LogP contribution in [0.1, 0.15) is 28.4 Å². The van der Waals surface area contributed by atoms with Gasteiger partial charge in [0.2, 0.25) is 0 Å². The summed E-state index contributed by atoms with van der Waals surface area (Å²) in [7, 11) is 0. The maximum atomic E-state index is 10.6. The Bertz CT molecular complexity index is 369. The fourth-order valence-electron chi connectivity index (χ4n) is 1.47. The first-order valence-corrected chi connectivity index (χ1v) is 4.88. The van der Waals surface area contributed by atoms with Crippen LogP contribution in [0.25, 0.3) is 0 Å². The summed E-state index contributed by atoms with van der Waals surface area (Å²) in [5, 5.41) is 0. The zero-order valence-electron chi connectivity index (χ0n) is 9.46. The van der Waals surface area contributed by atoms with Gasteiger partial charge in [-0.3, -0.25) is 4.79 Å². The number of carbonyl (C=O) groups excluding carboxylic acids is 1. The summed E-state index contributed by atoms with van der Waals surface area (Å²) in [6, 6.07) is 3.65. The molecule has 0 unspecified atom stereocenters. The van der Waals surface area contributed by atoms with Crippen LogP contribution in [0.5, 0.6) is 5.75 Å². The molecule has 2 nitrogen and oxygen atoms in total. The number of hydrogen-bond donors (Lipinski definition) is 0. The molecule has 1 rings (SSSR count). The Morgan fingerprint density at radius 1 is 1.40 bits per heavy atom. The Kier molecular flexibility index (Phi) is 3.67. The molecule has 2 heteroatoms. The van der Waals surface area contributed by atoms with Crippen molar-refractivity contribution in [2.75, 3.05) is 6.61 Å². The van der Waals surface area contributed by atoms with Crippen molar-refractivity contribution in [2.24, 2.45) is 0 Å². The molecule has 0 amide bonds. The van der Waals surface area contributed by atoms with Gasteiger partial charge >= 0.3 is 0 Å². The molecular weight excluding hydrogens is 188 g/mol. The number of aryl methyl sites for hydroxylation is 2. The van der Waals surface area contributed by atoms with E-state index in [0.29, 0.717) is 12.2 Å². The molecule has 0 saturated carbocycles. The lowest BCUT2D eigenvalue weighted by atomic mass is 10.1.